The highest BCUT2D eigenvalue weighted by atomic mass is 16.2. The number of likely N-dealkylation sites (tertiary alicyclic amines) is 1. The smallest absolute Gasteiger partial charge is 0.253 e. The van der Waals surface area contributed by atoms with E-state index < -0.39 is 0 Å². The van der Waals surface area contributed by atoms with Crippen molar-refractivity contribution in [1.82, 2.24) is 4.90 Å². The second-order valence-corrected chi connectivity index (χ2v) is 7.30. The summed E-state index contributed by atoms with van der Waals surface area (Å²) in [7, 11) is 0. The molecule has 1 atom stereocenters. The predicted octanol–water partition coefficient (Wildman–Crippen LogP) is 4.05. The number of nitrogens with zero attached hydrogens (tertiary/aromatic N) is 1. The molecule has 1 saturated heterocycles. The number of amides is 2. The lowest BCUT2D eigenvalue weighted by molar-refractivity contribution is -0.118. The molecule has 1 N–H and O–H groups in total. The van der Waals surface area contributed by atoms with E-state index in [1.807, 2.05) is 53.4 Å². The van der Waals surface area contributed by atoms with Gasteiger partial charge < -0.3 is 10.2 Å². The molecule has 0 spiro atoms. The summed E-state index contributed by atoms with van der Waals surface area (Å²) < 4.78 is 0. The van der Waals surface area contributed by atoms with Gasteiger partial charge in [-0.15, -0.1) is 0 Å². The van der Waals surface area contributed by atoms with Crippen LogP contribution in [0, 0.1) is 5.92 Å². The van der Waals surface area contributed by atoms with Crippen molar-refractivity contribution in [2.75, 3.05) is 18.4 Å². The number of benzene rings is 2. The summed E-state index contributed by atoms with van der Waals surface area (Å²) in [5.74, 6) is 0.380. The van der Waals surface area contributed by atoms with Gasteiger partial charge in [-0.25, -0.2) is 0 Å². The molecule has 0 aromatic heterocycles. The van der Waals surface area contributed by atoms with Crippen LogP contribution in [0.1, 0.15) is 47.5 Å². The second kappa shape index (κ2) is 7.32. The van der Waals surface area contributed by atoms with Crippen LogP contribution in [-0.4, -0.2) is 29.8 Å². The normalized spacial score (nSPS) is 17.8. The van der Waals surface area contributed by atoms with Gasteiger partial charge in [-0.2, -0.15) is 0 Å². The topological polar surface area (TPSA) is 49.4 Å². The van der Waals surface area contributed by atoms with Crippen molar-refractivity contribution in [3.63, 3.8) is 0 Å². The first-order chi connectivity index (χ1) is 12.7. The Labute approximate surface area is 154 Å². The third-order valence-electron chi connectivity index (χ3n) is 5.30. The maximum absolute atomic E-state index is 12.9. The molecule has 1 aliphatic heterocycles. The molecule has 26 heavy (non-hydrogen) atoms. The first-order valence-electron chi connectivity index (χ1n) is 9.47. The third kappa shape index (κ3) is 3.64. The molecule has 1 aliphatic carbocycles. The van der Waals surface area contributed by atoms with Crippen LogP contribution >= 0.6 is 0 Å². The van der Waals surface area contributed by atoms with Crippen molar-refractivity contribution >= 4 is 17.5 Å². The molecule has 2 aromatic carbocycles. The number of hydrogen-bond donors (Lipinski definition) is 1. The molecule has 2 aliphatic rings. The first kappa shape index (κ1) is 16.8. The van der Waals surface area contributed by atoms with Crippen molar-refractivity contribution < 1.29 is 9.59 Å². The molecule has 4 heteroatoms. The van der Waals surface area contributed by atoms with Crippen LogP contribution in [0.4, 0.5) is 5.69 Å². The van der Waals surface area contributed by atoms with Crippen LogP contribution < -0.4 is 5.32 Å². The highest BCUT2D eigenvalue weighted by Crippen LogP contribution is 2.43. The molecule has 0 bridgehead atoms. The van der Waals surface area contributed by atoms with Gasteiger partial charge in [-0.1, -0.05) is 36.4 Å². The fourth-order valence-electron chi connectivity index (χ4n) is 3.78. The van der Waals surface area contributed by atoms with E-state index in [4.69, 9.17) is 0 Å². The fraction of sp³-hybridized carbons (Fsp3) is 0.364. The lowest BCUT2D eigenvalue weighted by Gasteiger charge is -2.18. The monoisotopic (exact) mass is 348 g/mol. The van der Waals surface area contributed by atoms with Crippen molar-refractivity contribution in [3.05, 3.63) is 65.7 Å². The zero-order valence-corrected chi connectivity index (χ0v) is 14.9. The standard InChI is InChI=1S/C22H24N2O2/c25-21(20(17-11-12-17)16-7-2-1-3-8-16)23-19-10-6-9-18(15-19)22(26)24-13-4-5-14-24/h1-3,6-10,15,17,20H,4-5,11-14H2,(H,23,25). The highest BCUT2D eigenvalue weighted by Gasteiger charge is 2.37. The Morgan fingerprint density at radius 1 is 0.962 bits per heavy atom. The quantitative estimate of drug-likeness (QED) is 0.886. The number of anilines is 1. The van der Waals surface area contributed by atoms with Crippen LogP contribution in [0.25, 0.3) is 0 Å². The summed E-state index contributed by atoms with van der Waals surface area (Å²) in [4.78, 5) is 27.4. The van der Waals surface area contributed by atoms with E-state index in [2.05, 4.69) is 5.32 Å². The Bertz CT molecular complexity index is 793. The van der Waals surface area contributed by atoms with Crippen LogP contribution in [0.3, 0.4) is 0 Å². The van der Waals surface area contributed by atoms with Crippen LogP contribution in [0.2, 0.25) is 0 Å². The van der Waals surface area contributed by atoms with Gasteiger partial charge in [0.25, 0.3) is 5.91 Å². The largest absolute Gasteiger partial charge is 0.339 e. The maximum Gasteiger partial charge on any atom is 0.253 e. The molecule has 4 nitrogen and oxygen atoms in total. The van der Waals surface area contributed by atoms with Crippen molar-refractivity contribution in [2.45, 2.75) is 31.6 Å². The molecule has 2 aromatic rings. The van der Waals surface area contributed by atoms with E-state index >= 15 is 0 Å². The van der Waals surface area contributed by atoms with Gasteiger partial charge in [0.2, 0.25) is 5.91 Å². The number of rotatable bonds is 5. The summed E-state index contributed by atoms with van der Waals surface area (Å²) in [5, 5.41) is 3.04. The fourth-order valence-corrected chi connectivity index (χ4v) is 3.78. The Kier molecular flexibility index (Phi) is 4.74. The van der Waals surface area contributed by atoms with Crippen molar-refractivity contribution in [2.24, 2.45) is 5.92 Å². The Morgan fingerprint density at radius 3 is 2.38 bits per heavy atom. The molecule has 0 radical (unpaired) electrons. The van der Waals surface area contributed by atoms with Gasteiger partial charge >= 0.3 is 0 Å². The first-order valence-corrected chi connectivity index (χ1v) is 9.47. The predicted molar refractivity (Wildman–Crippen MR) is 102 cm³/mol. The van der Waals surface area contributed by atoms with Gasteiger partial charge in [0.1, 0.15) is 0 Å². The summed E-state index contributed by atoms with van der Waals surface area (Å²) >= 11 is 0. The molecule has 1 saturated carbocycles. The van der Waals surface area contributed by atoms with Gasteiger partial charge in [0.05, 0.1) is 5.92 Å². The van der Waals surface area contributed by atoms with Gasteiger partial charge in [-0.05, 0) is 55.4 Å². The highest BCUT2D eigenvalue weighted by molar-refractivity contribution is 5.99. The maximum atomic E-state index is 12.9. The number of hydrogen-bond acceptors (Lipinski definition) is 2. The van der Waals surface area contributed by atoms with E-state index in [0.717, 1.165) is 44.3 Å². The van der Waals surface area contributed by atoms with E-state index in [9.17, 15) is 9.59 Å². The van der Waals surface area contributed by atoms with Crippen LogP contribution in [0.15, 0.2) is 54.6 Å². The van der Waals surface area contributed by atoms with Crippen LogP contribution in [-0.2, 0) is 4.79 Å². The van der Waals surface area contributed by atoms with Crippen molar-refractivity contribution in [1.29, 1.82) is 0 Å². The van der Waals surface area contributed by atoms with E-state index in [0.29, 0.717) is 17.2 Å². The summed E-state index contributed by atoms with van der Waals surface area (Å²) in [6.07, 6.45) is 4.34. The SMILES string of the molecule is O=C(Nc1cccc(C(=O)N2CCCC2)c1)C(c1ccccc1)C1CC1. The van der Waals surface area contributed by atoms with E-state index in [1.165, 1.54) is 0 Å². The second-order valence-electron chi connectivity index (χ2n) is 7.30. The molecule has 134 valence electrons. The Balaban J connectivity index is 1.50. The zero-order valence-electron chi connectivity index (χ0n) is 14.9. The molecule has 4 rings (SSSR count). The summed E-state index contributed by atoms with van der Waals surface area (Å²) in [6, 6.07) is 17.3. The molecule has 1 unspecified atom stereocenters. The summed E-state index contributed by atoms with van der Waals surface area (Å²) in [6.45, 7) is 1.65. The lowest BCUT2D eigenvalue weighted by Crippen LogP contribution is -2.28. The van der Waals surface area contributed by atoms with Crippen LogP contribution in [0.5, 0.6) is 0 Å². The van der Waals surface area contributed by atoms with Gasteiger partial charge in [0, 0.05) is 24.3 Å². The molecular formula is C22H24N2O2. The molecule has 1 heterocycles. The minimum absolute atomic E-state index is 0.0180. The Hall–Kier alpha value is -2.62. The van der Waals surface area contributed by atoms with E-state index in [-0.39, 0.29) is 17.7 Å². The van der Waals surface area contributed by atoms with Gasteiger partial charge in [-0.3, -0.25) is 9.59 Å². The zero-order chi connectivity index (χ0) is 17.9. The molecule has 2 amide bonds. The number of carbonyl (C=O) groups excluding carboxylic acids is 2. The van der Waals surface area contributed by atoms with Gasteiger partial charge in [0.15, 0.2) is 0 Å². The van der Waals surface area contributed by atoms with Crippen molar-refractivity contribution in [3.8, 4) is 0 Å². The average molecular weight is 348 g/mol. The molecular weight excluding hydrogens is 324 g/mol. The molecule has 2 fully saturated rings. The number of nitrogens with one attached hydrogen (secondary N) is 1. The minimum atomic E-state index is -0.117. The van der Waals surface area contributed by atoms with E-state index in [1.54, 1.807) is 6.07 Å². The Morgan fingerprint density at radius 2 is 1.69 bits per heavy atom. The lowest BCUT2D eigenvalue weighted by atomic mass is 9.93. The average Bonchev–Trinajstić information content (AvgIpc) is 3.33. The third-order valence-corrected chi connectivity index (χ3v) is 5.30. The summed E-state index contributed by atoms with van der Waals surface area (Å²) in [5.41, 5.74) is 2.41. The number of carbonyl (C=O) groups is 2. The minimum Gasteiger partial charge on any atom is -0.339 e.